The van der Waals surface area contributed by atoms with Crippen LogP contribution in [0.1, 0.15) is 20.3 Å². The number of benzene rings is 1. The van der Waals surface area contributed by atoms with Crippen molar-refractivity contribution < 1.29 is 9.90 Å². The van der Waals surface area contributed by atoms with Crippen molar-refractivity contribution >= 4 is 23.0 Å². The van der Waals surface area contributed by atoms with Gasteiger partial charge in [-0.15, -0.1) is 0 Å². The number of aliphatic carboxylic acids is 1. The first-order valence-electron chi connectivity index (χ1n) is 6.49. The normalized spacial score (nSPS) is 11.1. The average Bonchev–Trinajstić information content (AvgIpc) is 2.67. The Hall–Kier alpha value is -2.04. The van der Waals surface area contributed by atoms with Crippen LogP contribution in [0, 0.1) is 5.92 Å². The first kappa shape index (κ1) is 13.4. The van der Waals surface area contributed by atoms with Gasteiger partial charge in [0.2, 0.25) is 5.95 Å². The Bertz CT molecular complexity index is 575. The van der Waals surface area contributed by atoms with Crippen molar-refractivity contribution in [1.82, 2.24) is 9.55 Å². The molecule has 0 bridgehead atoms. The predicted octanol–water partition coefficient (Wildman–Crippen LogP) is 2.58. The van der Waals surface area contributed by atoms with Gasteiger partial charge in [0.15, 0.2) is 0 Å². The lowest BCUT2D eigenvalue weighted by atomic mass is 10.1. The summed E-state index contributed by atoms with van der Waals surface area (Å²) in [5, 5.41) is 12.2. The number of hydrogen-bond donors (Lipinski definition) is 2. The number of anilines is 1. The summed E-state index contributed by atoms with van der Waals surface area (Å²) >= 11 is 0. The fraction of sp³-hybridized carbons (Fsp3) is 0.429. The molecule has 5 heteroatoms. The summed E-state index contributed by atoms with van der Waals surface area (Å²) < 4.78 is 1.71. The lowest BCUT2D eigenvalue weighted by Gasteiger charge is -2.09. The van der Waals surface area contributed by atoms with Gasteiger partial charge in [0.25, 0.3) is 0 Å². The molecule has 5 nitrogen and oxygen atoms in total. The Kier molecular flexibility index (Phi) is 4.04. The molecule has 0 atom stereocenters. The second-order valence-corrected chi connectivity index (χ2v) is 5.01. The molecule has 0 spiro atoms. The third kappa shape index (κ3) is 3.24. The zero-order valence-electron chi connectivity index (χ0n) is 11.3. The largest absolute Gasteiger partial charge is 0.480 e. The molecule has 0 aliphatic rings. The van der Waals surface area contributed by atoms with Gasteiger partial charge >= 0.3 is 5.97 Å². The summed E-state index contributed by atoms with van der Waals surface area (Å²) in [6, 6.07) is 7.57. The Morgan fingerprint density at radius 2 is 2.16 bits per heavy atom. The number of fused-ring (bicyclic) bond motifs is 1. The molecule has 0 saturated heterocycles. The van der Waals surface area contributed by atoms with Crippen molar-refractivity contribution in [3.05, 3.63) is 24.3 Å². The molecule has 0 fully saturated rings. The number of rotatable bonds is 6. The van der Waals surface area contributed by atoms with Crippen LogP contribution in [0.4, 0.5) is 5.95 Å². The van der Waals surface area contributed by atoms with E-state index in [1.54, 1.807) is 4.57 Å². The van der Waals surface area contributed by atoms with E-state index in [1.807, 2.05) is 24.3 Å². The summed E-state index contributed by atoms with van der Waals surface area (Å²) in [6.45, 7) is 5.02. The van der Waals surface area contributed by atoms with Crippen molar-refractivity contribution in [2.24, 2.45) is 5.92 Å². The Morgan fingerprint density at radius 1 is 1.42 bits per heavy atom. The van der Waals surface area contributed by atoms with Crippen molar-refractivity contribution in [1.29, 1.82) is 0 Å². The van der Waals surface area contributed by atoms with E-state index in [0.717, 1.165) is 24.0 Å². The Labute approximate surface area is 112 Å². The molecule has 0 aliphatic heterocycles. The number of carboxylic acids is 1. The van der Waals surface area contributed by atoms with Crippen LogP contribution in [-0.2, 0) is 11.3 Å². The van der Waals surface area contributed by atoms with Crippen LogP contribution in [0.15, 0.2) is 24.3 Å². The highest BCUT2D eigenvalue weighted by Crippen LogP contribution is 2.19. The summed E-state index contributed by atoms with van der Waals surface area (Å²) in [5.41, 5.74) is 1.66. The standard InChI is InChI=1S/C14H19N3O2/c1-10(2)7-8-15-14-16-11-5-3-4-6-12(11)17(14)9-13(18)19/h3-6,10H,7-9H2,1-2H3,(H,15,16)(H,18,19). The van der Waals surface area contributed by atoms with E-state index in [0.29, 0.717) is 11.9 Å². The summed E-state index contributed by atoms with van der Waals surface area (Å²) in [4.78, 5) is 15.4. The van der Waals surface area contributed by atoms with Gasteiger partial charge in [0, 0.05) is 6.54 Å². The van der Waals surface area contributed by atoms with E-state index in [4.69, 9.17) is 5.11 Å². The van der Waals surface area contributed by atoms with E-state index in [2.05, 4.69) is 24.1 Å². The van der Waals surface area contributed by atoms with Gasteiger partial charge < -0.3 is 10.4 Å². The number of para-hydroxylation sites is 2. The fourth-order valence-corrected chi connectivity index (χ4v) is 1.98. The number of nitrogens with one attached hydrogen (secondary N) is 1. The van der Waals surface area contributed by atoms with Crippen LogP contribution in [0.3, 0.4) is 0 Å². The van der Waals surface area contributed by atoms with Gasteiger partial charge in [-0.25, -0.2) is 4.98 Å². The molecule has 0 unspecified atom stereocenters. The van der Waals surface area contributed by atoms with Crippen LogP contribution >= 0.6 is 0 Å². The number of imidazole rings is 1. The topological polar surface area (TPSA) is 67.2 Å². The fourth-order valence-electron chi connectivity index (χ4n) is 1.98. The van der Waals surface area contributed by atoms with Gasteiger partial charge in [0.05, 0.1) is 11.0 Å². The molecule has 2 rings (SSSR count). The van der Waals surface area contributed by atoms with Crippen LogP contribution in [-0.4, -0.2) is 27.2 Å². The first-order chi connectivity index (χ1) is 9.08. The molecule has 1 aromatic heterocycles. The third-order valence-electron chi connectivity index (χ3n) is 2.95. The highest BCUT2D eigenvalue weighted by molar-refractivity contribution is 5.81. The number of carbonyl (C=O) groups is 1. The van der Waals surface area contributed by atoms with E-state index in [-0.39, 0.29) is 6.54 Å². The number of carboxylic acid groups (broad SMARTS) is 1. The number of aromatic nitrogens is 2. The second-order valence-electron chi connectivity index (χ2n) is 5.01. The van der Waals surface area contributed by atoms with E-state index in [9.17, 15) is 4.79 Å². The van der Waals surface area contributed by atoms with E-state index < -0.39 is 5.97 Å². The minimum Gasteiger partial charge on any atom is -0.480 e. The lowest BCUT2D eigenvalue weighted by Crippen LogP contribution is -2.14. The molecular formula is C14H19N3O2. The Balaban J connectivity index is 2.27. The monoisotopic (exact) mass is 261 g/mol. The van der Waals surface area contributed by atoms with Crippen molar-refractivity contribution in [3.8, 4) is 0 Å². The van der Waals surface area contributed by atoms with Crippen molar-refractivity contribution in [3.63, 3.8) is 0 Å². The SMILES string of the molecule is CC(C)CCNc1nc2ccccc2n1CC(=O)O. The average molecular weight is 261 g/mol. The molecule has 1 aromatic carbocycles. The smallest absolute Gasteiger partial charge is 0.323 e. The van der Waals surface area contributed by atoms with Crippen molar-refractivity contribution in [2.75, 3.05) is 11.9 Å². The highest BCUT2D eigenvalue weighted by Gasteiger charge is 2.12. The van der Waals surface area contributed by atoms with Gasteiger partial charge in [0.1, 0.15) is 6.54 Å². The molecule has 0 saturated carbocycles. The quantitative estimate of drug-likeness (QED) is 0.838. The third-order valence-corrected chi connectivity index (χ3v) is 2.95. The van der Waals surface area contributed by atoms with Crippen LogP contribution < -0.4 is 5.32 Å². The molecule has 2 N–H and O–H groups in total. The van der Waals surface area contributed by atoms with E-state index >= 15 is 0 Å². The van der Waals surface area contributed by atoms with E-state index in [1.165, 1.54) is 0 Å². The number of nitrogens with zero attached hydrogens (tertiary/aromatic N) is 2. The minimum atomic E-state index is -0.866. The molecular weight excluding hydrogens is 242 g/mol. The maximum atomic E-state index is 11.0. The zero-order chi connectivity index (χ0) is 13.8. The number of hydrogen-bond acceptors (Lipinski definition) is 3. The second kappa shape index (κ2) is 5.73. The molecule has 1 heterocycles. The lowest BCUT2D eigenvalue weighted by molar-refractivity contribution is -0.137. The molecule has 2 aromatic rings. The first-order valence-corrected chi connectivity index (χ1v) is 6.49. The van der Waals surface area contributed by atoms with Crippen molar-refractivity contribution in [2.45, 2.75) is 26.8 Å². The van der Waals surface area contributed by atoms with Gasteiger partial charge in [-0.3, -0.25) is 9.36 Å². The molecule has 0 radical (unpaired) electrons. The van der Waals surface area contributed by atoms with Crippen LogP contribution in [0.2, 0.25) is 0 Å². The summed E-state index contributed by atoms with van der Waals surface area (Å²) in [6.07, 6.45) is 1.02. The maximum Gasteiger partial charge on any atom is 0.323 e. The molecule has 0 aliphatic carbocycles. The highest BCUT2D eigenvalue weighted by atomic mass is 16.4. The zero-order valence-corrected chi connectivity index (χ0v) is 11.3. The van der Waals surface area contributed by atoms with Crippen LogP contribution in [0.5, 0.6) is 0 Å². The summed E-state index contributed by atoms with van der Waals surface area (Å²) in [7, 11) is 0. The molecule has 0 amide bonds. The van der Waals surface area contributed by atoms with Gasteiger partial charge in [-0.05, 0) is 24.5 Å². The minimum absolute atomic E-state index is 0.0788. The van der Waals surface area contributed by atoms with Gasteiger partial charge in [-0.1, -0.05) is 26.0 Å². The predicted molar refractivity (Wildman–Crippen MR) is 75.3 cm³/mol. The molecule has 19 heavy (non-hydrogen) atoms. The molecule has 102 valence electrons. The Morgan fingerprint density at radius 3 is 2.84 bits per heavy atom. The van der Waals surface area contributed by atoms with Gasteiger partial charge in [-0.2, -0.15) is 0 Å². The maximum absolute atomic E-state index is 11.0. The summed E-state index contributed by atoms with van der Waals surface area (Å²) in [5.74, 6) is 0.365. The van der Waals surface area contributed by atoms with Crippen LogP contribution in [0.25, 0.3) is 11.0 Å².